The zero-order valence-electron chi connectivity index (χ0n) is 17.8. The van der Waals surface area contributed by atoms with Crippen molar-refractivity contribution in [2.24, 2.45) is 5.73 Å². The number of carbonyl (C=O) groups excluding carboxylic acids is 1. The number of nitrogens with zero attached hydrogens (tertiary/aromatic N) is 1. The number of fused-ring (bicyclic) bond motifs is 1. The van der Waals surface area contributed by atoms with Gasteiger partial charge in [0.15, 0.2) is 5.06 Å². The number of nitrogens with two attached hydrogens (primary N) is 1. The molecule has 0 fully saturated rings. The van der Waals surface area contributed by atoms with Gasteiger partial charge in [0.1, 0.15) is 5.75 Å². The quantitative estimate of drug-likeness (QED) is 0.685. The summed E-state index contributed by atoms with van der Waals surface area (Å²) in [6, 6.07) is 15.2. The van der Waals surface area contributed by atoms with E-state index < -0.39 is 11.1 Å². The average Bonchev–Trinajstić information content (AvgIpc) is 3.24. The fourth-order valence-electron chi connectivity index (χ4n) is 4.22. The molecule has 5 nitrogen and oxygen atoms in total. The SMILES string of the molecule is COc1ccc(C2=CC=C(CC(N)C(=O)N3Cc4ccccc4C3)C(Cl)(OC)C2)cc1. The van der Waals surface area contributed by atoms with Gasteiger partial charge in [-0.05, 0) is 46.4 Å². The van der Waals surface area contributed by atoms with Crippen LogP contribution in [0.3, 0.4) is 0 Å². The van der Waals surface area contributed by atoms with Gasteiger partial charge in [-0.15, -0.1) is 0 Å². The maximum Gasteiger partial charge on any atom is 0.240 e. The zero-order chi connectivity index (χ0) is 22.0. The first-order valence-electron chi connectivity index (χ1n) is 10.3. The van der Waals surface area contributed by atoms with Gasteiger partial charge in [-0.25, -0.2) is 0 Å². The number of alkyl halides is 1. The van der Waals surface area contributed by atoms with E-state index in [0.29, 0.717) is 25.9 Å². The summed E-state index contributed by atoms with van der Waals surface area (Å²) in [7, 11) is 3.23. The molecule has 6 heteroatoms. The third-order valence-corrected chi connectivity index (χ3v) is 6.61. The number of benzene rings is 2. The van der Waals surface area contributed by atoms with Crippen molar-refractivity contribution in [3.63, 3.8) is 0 Å². The lowest BCUT2D eigenvalue weighted by molar-refractivity contribution is -0.133. The number of allylic oxidation sites excluding steroid dienone is 2. The lowest BCUT2D eigenvalue weighted by Crippen LogP contribution is -2.43. The molecule has 2 atom stereocenters. The molecule has 1 heterocycles. The molecule has 2 N–H and O–H groups in total. The molecule has 0 spiro atoms. The minimum absolute atomic E-state index is 0.0721. The van der Waals surface area contributed by atoms with E-state index in [-0.39, 0.29) is 5.91 Å². The molecule has 0 saturated heterocycles. The maximum atomic E-state index is 13.0. The largest absolute Gasteiger partial charge is 0.497 e. The van der Waals surface area contributed by atoms with Gasteiger partial charge in [-0.2, -0.15) is 0 Å². The third-order valence-electron chi connectivity index (χ3n) is 6.08. The molecule has 2 unspecified atom stereocenters. The average molecular weight is 439 g/mol. The maximum absolute atomic E-state index is 13.0. The lowest BCUT2D eigenvalue weighted by atomic mass is 9.87. The highest BCUT2D eigenvalue weighted by Gasteiger charge is 2.37. The summed E-state index contributed by atoms with van der Waals surface area (Å²) in [4.78, 5) is 14.8. The van der Waals surface area contributed by atoms with Crippen LogP contribution in [-0.4, -0.2) is 36.1 Å². The highest BCUT2D eigenvalue weighted by atomic mass is 35.5. The lowest BCUT2D eigenvalue weighted by Gasteiger charge is -2.34. The number of methoxy groups -OCH3 is 2. The normalized spacial score (nSPS) is 21.2. The van der Waals surface area contributed by atoms with Gasteiger partial charge in [-0.3, -0.25) is 4.79 Å². The first-order valence-corrected chi connectivity index (χ1v) is 10.7. The van der Waals surface area contributed by atoms with Crippen LogP contribution in [0.4, 0.5) is 0 Å². The van der Waals surface area contributed by atoms with Gasteiger partial charge >= 0.3 is 0 Å². The fourth-order valence-corrected chi connectivity index (χ4v) is 4.50. The highest BCUT2D eigenvalue weighted by Crippen LogP contribution is 2.42. The van der Waals surface area contributed by atoms with Crippen molar-refractivity contribution in [2.45, 2.75) is 37.0 Å². The van der Waals surface area contributed by atoms with Crippen LogP contribution in [0.25, 0.3) is 5.57 Å². The van der Waals surface area contributed by atoms with Crippen molar-refractivity contribution in [1.29, 1.82) is 0 Å². The summed E-state index contributed by atoms with van der Waals surface area (Å²) in [5, 5.41) is -1.03. The van der Waals surface area contributed by atoms with Gasteiger partial charge in [0.25, 0.3) is 0 Å². The molecule has 2 aromatic rings. The Morgan fingerprint density at radius 1 is 1.10 bits per heavy atom. The first kappa shape index (κ1) is 21.6. The molecule has 162 valence electrons. The standard InChI is InChI=1S/C25H27ClN2O3/c1-30-22-11-8-17(9-12-22)18-7-10-21(25(26,14-18)31-2)13-23(27)24(29)28-15-19-5-3-4-6-20(19)16-28/h3-12,23H,13-16,27H2,1-2H3. The molecule has 0 aromatic heterocycles. The highest BCUT2D eigenvalue weighted by molar-refractivity contribution is 6.25. The zero-order valence-corrected chi connectivity index (χ0v) is 18.6. The number of halogens is 1. The van der Waals surface area contributed by atoms with Crippen LogP contribution >= 0.6 is 11.6 Å². The Balaban J connectivity index is 1.49. The van der Waals surface area contributed by atoms with Crippen LogP contribution in [-0.2, 0) is 22.6 Å². The number of rotatable bonds is 6. The summed E-state index contributed by atoms with van der Waals surface area (Å²) < 4.78 is 10.9. The van der Waals surface area contributed by atoms with Crippen molar-refractivity contribution >= 4 is 23.1 Å². The summed E-state index contributed by atoms with van der Waals surface area (Å²) in [5.41, 5.74) is 11.6. The molecule has 1 aliphatic carbocycles. The summed E-state index contributed by atoms with van der Waals surface area (Å²) in [6.07, 6.45) is 4.79. The third kappa shape index (κ3) is 4.40. The van der Waals surface area contributed by atoms with Crippen molar-refractivity contribution < 1.29 is 14.3 Å². The van der Waals surface area contributed by atoms with Gasteiger partial charge in [0.05, 0.1) is 13.2 Å². The van der Waals surface area contributed by atoms with E-state index in [1.807, 2.05) is 48.6 Å². The van der Waals surface area contributed by atoms with Crippen molar-refractivity contribution in [2.75, 3.05) is 14.2 Å². The number of carbonyl (C=O) groups is 1. The number of ether oxygens (including phenoxy) is 2. The van der Waals surface area contributed by atoms with Gasteiger partial charge < -0.3 is 20.1 Å². The molecule has 2 aliphatic rings. The molecular formula is C25H27ClN2O3. The predicted octanol–water partition coefficient (Wildman–Crippen LogP) is 4.25. The molecule has 0 bridgehead atoms. The minimum Gasteiger partial charge on any atom is -0.497 e. The van der Waals surface area contributed by atoms with E-state index in [1.165, 1.54) is 11.1 Å². The van der Waals surface area contributed by atoms with E-state index in [2.05, 4.69) is 12.1 Å². The van der Waals surface area contributed by atoms with Gasteiger partial charge in [0, 0.05) is 26.6 Å². The minimum atomic E-state index is -1.03. The van der Waals surface area contributed by atoms with Crippen molar-refractivity contribution in [3.8, 4) is 5.75 Å². The first-order chi connectivity index (χ1) is 14.9. The Morgan fingerprint density at radius 3 is 2.32 bits per heavy atom. The molecule has 2 aromatic carbocycles. The summed E-state index contributed by atoms with van der Waals surface area (Å²) in [6.45, 7) is 1.19. The molecular weight excluding hydrogens is 412 g/mol. The van der Waals surface area contributed by atoms with E-state index >= 15 is 0 Å². The van der Waals surface area contributed by atoms with E-state index in [0.717, 1.165) is 22.5 Å². The summed E-state index contributed by atoms with van der Waals surface area (Å²) >= 11 is 6.87. The number of hydrogen-bond donors (Lipinski definition) is 1. The Kier molecular flexibility index (Phi) is 6.19. The Hall–Kier alpha value is -2.60. The van der Waals surface area contributed by atoms with Crippen LogP contribution in [0, 0.1) is 0 Å². The Morgan fingerprint density at radius 2 is 1.74 bits per heavy atom. The van der Waals surface area contributed by atoms with Crippen LogP contribution in [0.1, 0.15) is 29.5 Å². The Bertz CT molecular complexity index is 1010. The Labute approximate surface area is 188 Å². The van der Waals surface area contributed by atoms with E-state index in [1.54, 1.807) is 19.1 Å². The molecule has 0 radical (unpaired) electrons. The molecule has 31 heavy (non-hydrogen) atoms. The van der Waals surface area contributed by atoms with Crippen LogP contribution in [0.15, 0.2) is 66.3 Å². The predicted molar refractivity (Wildman–Crippen MR) is 123 cm³/mol. The number of hydrogen-bond acceptors (Lipinski definition) is 4. The topological polar surface area (TPSA) is 64.8 Å². The smallest absolute Gasteiger partial charge is 0.240 e. The monoisotopic (exact) mass is 438 g/mol. The second kappa shape index (κ2) is 8.87. The van der Waals surface area contributed by atoms with E-state index in [9.17, 15) is 4.79 Å². The molecule has 4 rings (SSSR count). The van der Waals surface area contributed by atoms with Crippen molar-refractivity contribution in [3.05, 3.63) is 82.9 Å². The van der Waals surface area contributed by atoms with Crippen LogP contribution in [0.2, 0.25) is 0 Å². The van der Waals surface area contributed by atoms with Crippen LogP contribution in [0.5, 0.6) is 5.75 Å². The van der Waals surface area contributed by atoms with Crippen LogP contribution < -0.4 is 10.5 Å². The van der Waals surface area contributed by atoms with E-state index in [4.69, 9.17) is 26.8 Å². The summed E-state index contributed by atoms with van der Waals surface area (Å²) in [5.74, 6) is 0.728. The van der Waals surface area contributed by atoms with Gasteiger partial charge in [-0.1, -0.05) is 60.2 Å². The second-order valence-electron chi connectivity index (χ2n) is 8.00. The fraction of sp³-hybridized carbons (Fsp3) is 0.320. The van der Waals surface area contributed by atoms with Crippen molar-refractivity contribution in [1.82, 2.24) is 4.90 Å². The molecule has 1 amide bonds. The van der Waals surface area contributed by atoms with Gasteiger partial charge in [0.2, 0.25) is 5.91 Å². The number of amides is 1. The second-order valence-corrected chi connectivity index (χ2v) is 8.61. The molecule has 1 aliphatic heterocycles. The molecule has 0 saturated carbocycles.